The van der Waals surface area contributed by atoms with E-state index in [4.69, 9.17) is 32.7 Å². The van der Waals surface area contributed by atoms with Crippen molar-refractivity contribution in [3.63, 3.8) is 0 Å². The van der Waals surface area contributed by atoms with Gasteiger partial charge in [-0.15, -0.1) is 0 Å². The van der Waals surface area contributed by atoms with Gasteiger partial charge in [0, 0.05) is 19.0 Å². The maximum Gasteiger partial charge on any atom is 0.242 e. The summed E-state index contributed by atoms with van der Waals surface area (Å²) in [5, 5.41) is 3.82. The van der Waals surface area contributed by atoms with Crippen molar-refractivity contribution >= 4 is 35.0 Å². The van der Waals surface area contributed by atoms with Gasteiger partial charge in [0.2, 0.25) is 18.6 Å². The largest absolute Gasteiger partial charge is 0.454 e. The monoisotopic (exact) mass is 478 g/mol. The van der Waals surface area contributed by atoms with Crippen molar-refractivity contribution in [1.29, 1.82) is 0 Å². The van der Waals surface area contributed by atoms with Gasteiger partial charge in [-0.25, -0.2) is 0 Å². The Morgan fingerprint density at radius 1 is 1.03 bits per heavy atom. The van der Waals surface area contributed by atoms with Crippen molar-refractivity contribution in [2.24, 2.45) is 0 Å². The zero-order valence-corrected chi connectivity index (χ0v) is 20.0. The number of nitrogens with zero attached hydrogens (tertiary/aromatic N) is 1. The zero-order chi connectivity index (χ0) is 23.3. The quantitative estimate of drug-likeness (QED) is 0.551. The molecule has 0 radical (unpaired) electrons. The molecule has 0 fully saturated rings. The third-order valence-electron chi connectivity index (χ3n) is 5.57. The first-order chi connectivity index (χ1) is 15.3. The molecule has 0 bridgehead atoms. The number of amides is 2. The van der Waals surface area contributed by atoms with Gasteiger partial charge in [-0.2, -0.15) is 0 Å². The Labute approximate surface area is 198 Å². The normalized spacial score (nSPS) is 14.0. The summed E-state index contributed by atoms with van der Waals surface area (Å²) in [6, 6.07) is 10.3. The number of rotatable bonds is 9. The molecule has 32 heavy (non-hydrogen) atoms. The Morgan fingerprint density at radius 2 is 1.75 bits per heavy atom. The second kappa shape index (κ2) is 10.9. The maximum absolute atomic E-state index is 13.2. The summed E-state index contributed by atoms with van der Waals surface area (Å²) in [5.41, 5.74) is 1.77. The molecule has 172 valence electrons. The number of fused-ring (bicyclic) bond motifs is 1. The fraction of sp³-hybridized carbons (Fsp3) is 0.417. The number of nitrogens with one attached hydrogen (secondary N) is 1. The molecule has 2 amide bonds. The Morgan fingerprint density at radius 3 is 2.47 bits per heavy atom. The van der Waals surface area contributed by atoms with Gasteiger partial charge in [0.05, 0.1) is 10.0 Å². The minimum Gasteiger partial charge on any atom is -0.454 e. The van der Waals surface area contributed by atoms with Gasteiger partial charge in [0.25, 0.3) is 0 Å². The van der Waals surface area contributed by atoms with E-state index in [0.717, 1.165) is 17.5 Å². The first-order valence-corrected chi connectivity index (χ1v) is 11.5. The molecule has 2 atom stereocenters. The molecule has 1 N–H and O–H groups in total. The van der Waals surface area contributed by atoms with Gasteiger partial charge in [-0.1, -0.05) is 42.3 Å². The SMILES string of the molecule is CC[C@@H](C)NC(=O)[C@H](C)N(Cc1ccc(Cl)c(Cl)c1)C(=O)CCc1ccc2c(c1)OCO2. The van der Waals surface area contributed by atoms with Crippen molar-refractivity contribution in [1.82, 2.24) is 10.2 Å². The molecule has 8 heteroatoms. The second-order valence-electron chi connectivity index (χ2n) is 7.95. The highest BCUT2D eigenvalue weighted by atomic mass is 35.5. The Bertz CT molecular complexity index is 982. The minimum absolute atomic E-state index is 0.0283. The number of carbonyl (C=O) groups is 2. The smallest absolute Gasteiger partial charge is 0.242 e. The fourth-order valence-electron chi connectivity index (χ4n) is 3.37. The number of carbonyl (C=O) groups excluding carboxylic acids is 2. The second-order valence-corrected chi connectivity index (χ2v) is 8.77. The Kier molecular flexibility index (Phi) is 8.26. The molecule has 0 unspecified atom stereocenters. The van der Waals surface area contributed by atoms with E-state index in [0.29, 0.717) is 28.0 Å². The van der Waals surface area contributed by atoms with Crippen molar-refractivity contribution in [2.45, 2.75) is 58.7 Å². The highest BCUT2D eigenvalue weighted by molar-refractivity contribution is 6.42. The van der Waals surface area contributed by atoms with Crippen molar-refractivity contribution in [3.05, 3.63) is 57.6 Å². The number of benzene rings is 2. The van der Waals surface area contributed by atoms with Crippen LogP contribution in [0.15, 0.2) is 36.4 Å². The van der Waals surface area contributed by atoms with E-state index in [1.807, 2.05) is 38.1 Å². The lowest BCUT2D eigenvalue weighted by Crippen LogP contribution is -2.49. The molecule has 3 rings (SSSR count). The summed E-state index contributed by atoms with van der Waals surface area (Å²) in [7, 11) is 0. The van der Waals surface area contributed by atoms with E-state index in [-0.39, 0.29) is 37.6 Å². The summed E-state index contributed by atoms with van der Waals surface area (Å²) < 4.78 is 10.8. The predicted octanol–water partition coefficient (Wildman–Crippen LogP) is 4.99. The first kappa shape index (κ1) is 24.2. The van der Waals surface area contributed by atoms with E-state index < -0.39 is 6.04 Å². The number of ether oxygens (including phenoxy) is 2. The van der Waals surface area contributed by atoms with Crippen LogP contribution in [0.1, 0.15) is 44.7 Å². The van der Waals surface area contributed by atoms with Gasteiger partial charge in [-0.05, 0) is 62.1 Å². The average molecular weight is 479 g/mol. The Hall–Kier alpha value is -2.44. The van der Waals surface area contributed by atoms with E-state index in [2.05, 4.69) is 5.32 Å². The molecule has 1 aliphatic rings. The lowest BCUT2D eigenvalue weighted by molar-refractivity contribution is -0.140. The molecule has 6 nitrogen and oxygen atoms in total. The van der Waals surface area contributed by atoms with Crippen LogP contribution in [0.25, 0.3) is 0 Å². The molecular weight excluding hydrogens is 451 g/mol. The zero-order valence-electron chi connectivity index (χ0n) is 18.5. The summed E-state index contributed by atoms with van der Waals surface area (Å²) in [5.74, 6) is 1.08. The number of halogens is 2. The summed E-state index contributed by atoms with van der Waals surface area (Å²) in [6.45, 7) is 6.15. The summed E-state index contributed by atoms with van der Waals surface area (Å²) >= 11 is 12.2. The van der Waals surface area contributed by atoms with Crippen LogP contribution in [-0.4, -0.2) is 35.6 Å². The number of aryl methyl sites for hydroxylation is 1. The van der Waals surface area contributed by atoms with Crippen LogP contribution in [0.5, 0.6) is 11.5 Å². The van der Waals surface area contributed by atoms with E-state index in [1.54, 1.807) is 24.0 Å². The molecule has 0 saturated heterocycles. The highest BCUT2D eigenvalue weighted by Crippen LogP contribution is 2.33. The van der Waals surface area contributed by atoms with Crippen molar-refractivity contribution in [2.75, 3.05) is 6.79 Å². The van der Waals surface area contributed by atoms with Crippen LogP contribution < -0.4 is 14.8 Å². The summed E-state index contributed by atoms with van der Waals surface area (Å²) in [4.78, 5) is 27.6. The van der Waals surface area contributed by atoms with Crippen LogP contribution >= 0.6 is 23.2 Å². The standard InChI is InChI=1S/C24H28Cl2N2O4/c1-4-15(2)27-24(30)16(3)28(13-18-5-8-19(25)20(26)11-18)23(29)10-7-17-6-9-21-22(12-17)32-14-31-21/h5-6,8-9,11-12,15-16H,4,7,10,13-14H2,1-3H3,(H,27,30)/t15-,16+/m1/s1. The third kappa shape index (κ3) is 6.08. The maximum atomic E-state index is 13.2. The van der Waals surface area contributed by atoms with Crippen molar-refractivity contribution in [3.8, 4) is 11.5 Å². The Balaban J connectivity index is 1.74. The van der Waals surface area contributed by atoms with Crippen LogP contribution in [0.4, 0.5) is 0 Å². The molecule has 2 aromatic rings. The fourth-order valence-corrected chi connectivity index (χ4v) is 3.69. The molecule has 0 aliphatic carbocycles. The molecule has 1 aliphatic heterocycles. The third-order valence-corrected chi connectivity index (χ3v) is 6.31. The molecule has 0 saturated carbocycles. The van der Waals surface area contributed by atoms with Gasteiger partial charge >= 0.3 is 0 Å². The lowest BCUT2D eigenvalue weighted by Gasteiger charge is -2.30. The number of hydrogen-bond acceptors (Lipinski definition) is 4. The molecular formula is C24H28Cl2N2O4. The average Bonchev–Trinajstić information content (AvgIpc) is 3.25. The van der Waals surface area contributed by atoms with Crippen LogP contribution in [0, 0.1) is 0 Å². The van der Waals surface area contributed by atoms with E-state index >= 15 is 0 Å². The minimum atomic E-state index is -0.636. The van der Waals surface area contributed by atoms with Crippen LogP contribution in [-0.2, 0) is 22.6 Å². The summed E-state index contributed by atoms with van der Waals surface area (Å²) in [6.07, 6.45) is 1.58. The van der Waals surface area contributed by atoms with Crippen LogP contribution in [0.2, 0.25) is 10.0 Å². The predicted molar refractivity (Wildman–Crippen MR) is 125 cm³/mol. The lowest BCUT2D eigenvalue weighted by atomic mass is 10.1. The topological polar surface area (TPSA) is 67.9 Å². The van der Waals surface area contributed by atoms with Crippen LogP contribution in [0.3, 0.4) is 0 Å². The molecule has 2 aromatic carbocycles. The van der Waals surface area contributed by atoms with E-state index in [9.17, 15) is 9.59 Å². The highest BCUT2D eigenvalue weighted by Gasteiger charge is 2.27. The molecule has 0 spiro atoms. The van der Waals surface area contributed by atoms with Gasteiger partial charge < -0.3 is 19.7 Å². The van der Waals surface area contributed by atoms with Gasteiger partial charge in [0.1, 0.15) is 6.04 Å². The molecule has 1 heterocycles. The van der Waals surface area contributed by atoms with Crippen molar-refractivity contribution < 1.29 is 19.1 Å². The molecule has 0 aromatic heterocycles. The van der Waals surface area contributed by atoms with Gasteiger partial charge in [-0.3, -0.25) is 9.59 Å². The van der Waals surface area contributed by atoms with E-state index in [1.165, 1.54) is 0 Å². The van der Waals surface area contributed by atoms with Gasteiger partial charge in [0.15, 0.2) is 11.5 Å². The first-order valence-electron chi connectivity index (χ1n) is 10.7. The number of hydrogen-bond donors (Lipinski definition) is 1.